The van der Waals surface area contributed by atoms with Crippen molar-refractivity contribution >= 4 is 77.7 Å². The average molecular weight is 823 g/mol. The first-order valence-corrected chi connectivity index (χ1v) is 22.2. The summed E-state index contributed by atoms with van der Waals surface area (Å²) in [6.45, 7) is 10.4. The lowest BCUT2D eigenvalue weighted by Gasteiger charge is -2.29. The molecule has 0 bridgehead atoms. The van der Waals surface area contributed by atoms with Gasteiger partial charge < -0.3 is 9.80 Å². The topological polar surface area (TPSA) is 40.6 Å². The molecule has 8 heteroatoms. The minimum Gasteiger partial charge on any atom is -0.306 e. The van der Waals surface area contributed by atoms with Crippen LogP contribution < -0.4 is 0 Å². The molecule has 4 rings (SSSR count). The Balaban J connectivity index is 1.75. The fraction of sp³-hybridized carbons (Fsp3) is 0.650. The first-order chi connectivity index (χ1) is 23.3. The second-order valence-electron chi connectivity index (χ2n) is 13.9. The summed E-state index contributed by atoms with van der Waals surface area (Å²) in [4.78, 5) is 35.8. The standard InChI is InChI=1S/C40H58Br2N2O2S2/c1-5-9-13-16-20-29(19-12-8-4)27-43-37(31-23-25-33(41)47-31)35-36(39(43)45)38(32-24-26-34(42)48-32)44(40(35)46)28-30(21-17-14-10-6-2)22-18-15-11-7-3/h23-26,29-30H,5-22,27-28H2,1-4H3. The average Bonchev–Trinajstić information content (AvgIpc) is 3.83. The summed E-state index contributed by atoms with van der Waals surface area (Å²) in [6.07, 6.45) is 21.6. The summed E-state index contributed by atoms with van der Waals surface area (Å²) in [7, 11) is 0. The first-order valence-electron chi connectivity index (χ1n) is 19.0. The lowest BCUT2D eigenvalue weighted by Crippen LogP contribution is -2.34. The third-order valence-electron chi connectivity index (χ3n) is 10.0. The lowest BCUT2D eigenvalue weighted by molar-refractivity contribution is -0.124. The molecule has 2 aliphatic heterocycles. The number of halogens is 2. The summed E-state index contributed by atoms with van der Waals surface area (Å²) in [6, 6.07) is 8.28. The minimum absolute atomic E-state index is 0.0115. The van der Waals surface area contributed by atoms with Crippen molar-refractivity contribution in [2.45, 2.75) is 143 Å². The van der Waals surface area contributed by atoms with Gasteiger partial charge in [-0.25, -0.2) is 0 Å². The van der Waals surface area contributed by atoms with Crippen LogP contribution in [0.2, 0.25) is 0 Å². The number of hydrogen-bond acceptors (Lipinski definition) is 4. The van der Waals surface area contributed by atoms with E-state index in [9.17, 15) is 9.59 Å². The van der Waals surface area contributed by atoms with E-state index in [1.165, 1.54) is 83.5 Å². The van der Waals surface area contributed by atoms with Crippen molar-refractivity contribution < 1.29 is 9.59 Å². The fourth-order valence-corrected chi connectivity index (χ4v) is 10.3. The van der Waals surface area contributed by atoms with Gasteiger partial charge in [0, 0.05) is 13.1 Å². The van der Waals surface area contributed by atoms with Gasteiger partial charge in [0.2, 0.25) is 0 Å². The zero-order valence-electron chi connectivity index (χ0n) is 29.9. The molecule has 1 unspecified atom stereocenters. The highest BCUT2D eigenvalue weighted by Gasteiger charge is 2.50. The minimum atomic E-state index is 0.0115. The van der Waals surface area contributed by atoms with Gasteiger partial charge in [-0.3, -0.25) is 9.59 Å². The maximum atomic E-state index is 14.9. The molecule has 2 amide bonds. The lowest BCUT2D eigenvalue weighted by atomic mass is 9.93. The van der Waals surface area contributed by atoms with Gasteiger partial charge in [0.05, 0.1) is 39.9 Å². The number of amides is 2. The fourth-order valence-electron chi connectivity index (χ4n) is 7.38. The number of hydrogen-bond donors (Lipinski definition) is 0. The van der Waals surface area contributed by atoms with Crippen LogP contribution in [0.15, 0.2) is 43.0 Å². The molecule has 2 aliphatic rings. The zero-order valence-corrected chi connectivity index (χ0v) is 34.7. The summed E-state index contributed by atoms with van der Waals surface area (Å²) >= 11 is 10.6. The SMILES string of the molecule is CCCCCCC(CCCC)CN1C(=O)C2=C(c3ccc(Br)s3)N(CC(CCCCCC)CCCCCC)C(=O)C2=C1c1ccc(Br)s1. The van der Waals surface area contributed by atoms with E-state index in [4.69, 9.17) is 0 Å². The van der Waals surface area contributed by atoms with Crippen molar-refractivity contribution in [2.24, 2.45) is 11.8 Å². The van der Waals surface area contributed by atoms with Crippen molar-refractivity contribution in [1.29, 1.82) is 0 Å². The van der Waals surface area contributed by atoms with Crippen molar-refractivity contribution in [2.75, 3.05) is 13.1 Å². The molecule has 0 aromatic carbocycles. The van der Waals surface area contributed by atoms with E-state index in [-0.39, 0.29) is 11.8 Å². The van der Waals surface area contributed by atoms with E-state index in [0.29, 0.717) is 36.1 Å². The number of unbranched alkanes of at least 4 members (excludes halogenated alkanes) is 10. The van der Waals surface area contributed by atoms with Gasteiger partial charge >= 0.3 is 0 Å². The molecule has 266 valence electrons. The Hall–Kier alpha value is -1.22. The number of carbonyl (C=O) groups excluding carboxylic acids is 2. The summed E-state index contributed by atoms with van der Waals surface area (Å²) < 4.78 is 2.03. The predicted molar refractivity (Wildman–Crippen MR) is 214 cm³/mol. The molecular weight excluding hydrogens is 764 g/mol. The largest absolute Gasteiger partial charge is 0.306 e. The van der Waals surface area contributed by atoms with Crippen molar-refractivity contribution in [1.82, 2.24) is 9.80 Å². The van der Waals surface area contributed by atoms with Gasteiger partial charge in [-0.2, -0.15) is 0 Å². The Morgan fingerprint density at radius 2 is 0.875 bits per heavy atom. The smallest absolute Gasteiger partial charge is 0.261 e. The van der Waals surface area contributed by atoms with Crippen molar-refractivity contribution in [3.05, 3.63) is 52.7 Å². The molecule has 1 atom stereocenters. The van der Waals surface area contributed by atoms with Crippen LogP contribution in [0.5, 0.6) is 0 Å². The summed E-state index contributed by atoms with van der Waals surface area (Å²) in [5.74, 6) is 0.871. The van der Waals surface area contributed by atoms with Crippen LogP contribution in [0, 0.1) is 11.8 Å². The number of nitrogens with zero attached hydrogens (tertiary/aromatic N) is 2. The normalized spacial score (nSPS) is 15.6. The molecule has 2 aromatic rings. The van der Waals surface area contributed by atoms with E-state index in [1.54, 1.807) is 22.7 Å². The van der Waals surface area contributed by atoms with Crippen LogP contribution in [-0.4, -0.2) is 34.7 Å². The number of carbonyl (C=O) groups is 2. The van der Waals surface area contributed by atoms with Crippen LogP contribution in [0.1, 0.15) is 153 Å². The molecule has 0 fully saturated rings. The number of thiophene rings is 2. The molecule has 4 heterocycles. The van der Waals surface area contributed by atoms with Gasteiger partial charge in [-0.1, -0.05) is 118 Å². The Morgan fingerprint density at radius 3 is 1.19 bits per heavy atom. The van der Waals surface area contributed by atoms with Gasteiger partial charge in [-0.05, 0) is 93.6 Å². The molecule has 0 aliphatic carbocycles. The van der Waals surface area contributed by atoms with Crippen molar-refractivity contribution in [3.63, 3.8) is 0 Å². The van der Waals surface area contributed by atoms with Crippen LogP contribution in [0.3, 0.4) is 0 Å². The Kier molecular flexibility index (Phi) is 17.0. The predicted octanol–water partition coefficient (Wildman–Crippen LogP) is 13.5. The van der Waals surface area contributed by atoms with E-state index in [2.05, 4.69) is 77.8 Å². The molecule has 0 N–H and O–H groups in total. The highest BCUT2D eigenvalue weighted by Crippen LogP contribution is 2.50. The van der Waals surface area contributed by atoms with E-state index >= 15 is 0 Å². The second kappa shape index (κ2) is 20.6. The summed E-state index contributed by atoms with van der Waals surface area (Å²) in [5, 5.41) is 0. The van der Waals surface area contributed by atoms with Crippen LogP contribution in [0.4, 0.5) is 0 Å². The zero-order chi connectivity index (χ0) is 34.5. The third kappa shape index (κ3) is 10.4. The Bertz CT molecular complexity index is 1380. The number of rotatable bonds is 24. The highest BCUT2D eigenvalue weighted by molar-refractivity contribution is 9.11. The van der Waals surface area contributed by atoms with Crippen LogP contribution in [0.25, 0.3) is 11.4 Å². The molecule has 0 saturated carbocycles. The van der Waals surface area contributed by atoms with Crippen LogP contribution in [-0.2, 0) is 9.59 Å². The van der Waals surface area contributed by atoms with E-state index in [1.807, 2.05) is 15.9 Å². The van der Waals surface area contributed by atoms with Crippen LogP contribution >= 0.6 is 54.5 Å². The van der Waals surface area contributed by atoms with E-state index in [0.717, 1.165) is 60.8 Å². The molecule has 2 aromatic heterocycles. The quantitative estimate of drug-likeness (QED) is 0.0990. The molecule has 0 spiro atoms. The third-order valence-corrected chi connectivity index (χ3v) is 13.3. The maximum Gasteiger partial charge on any atom is 0.261 e. The van der Waals surface area contributed by atoms with E-state index < -0.39 is 0 Å². The van der Waals surface area contributed by atoms with Gasteiger partial charge in [0.25, 0.3) is 11.8 Å². The Labute approximate surface area is 316 Å². The molecule has 0 radical (unpaired) electrons. The first kappa shape index (κ1) is 39.6. The van der Waals surface area contributed by atoms with Gasteiger partial charge in [0.15, 0.2) is 0 Å². The second-order valence-corrected chi connectivity index (χ2v) is 18.8. The molecule has 48 heavy (non-hydrogen) atoms. The van der Waals surface area contributed by atoms with Gasteiger partial charge in [0.1, 0.15) is 0 Å². The molecule has 0 saturated heterocycles. The maximum absolute atomic E-state index is 14.9. The molecule has 4 nitrogen and oxygen atoms in total. The molecular formula is C40H58Br2N2O2S2. The monoisotopic (exact) mass is 820 g/mol. The highest BCUT2D eigenvalue weighted by atomic mass is 79.9. The Morgan fingerprint density at radius 1 is 0.521 bits per heavy atom. The summed E-state index contributed by atoms with van der Waals surface area (Å²) in [5.41, 5.74) is 2.94. The number of fused-ring (bicyclic) bond motifs is 1. The van der Waals surface area contributed by atoms with Crippen molar-refractivity contribution in [3.8, 4) is 0 Å². The van der Waals surface area contributed by atoms with Gasteiger partial charge in [-0.15, -0.1) is 22.7 Å².